The van der Waals surface area contributed by atoms with Crippen molar-refractivity contribution in [1.82, 2.24) is 30.2 Å². The highest BCUT2D eigenvalue weighted by Crippen LogP contribution is 2.44. The Morgan fingerprint density at radius 1 is 0.971 bits per heavy atom. The summed E-state index contributed by atoms with van der Waals surface area (Å²) in [5.41, 5.74) is 2.38. The van der Waals surface area contributed by atoms with Crippen molar-refractivity contribution in [2.45, 2.75) is 18.8 Å². The van der Waals surface area contributed by atoms with E-state index in [1.807, 2.05) is 6.20 Å². The molecule has 6 rings (SSSR count). The quantitative estimate of drug-likeness (QED) is 0.465. The minimum absolute atomic E-state index is 0.277. The Bertz CT molecular complexity index is 1350. The maximum Gasteiger partial charge on any atom is 0.167 e. The first kappa shape index (κ1) is 20.8. The van der Waals surface area contributed by atoms with E-state index in [1.165, 1.54) is 5.56 Å². The van der Waals surface area contributed by atoms with E-state index in [1.54, 1.807) is 24.5 Å². The fourth-order valence-electron chi connectivity index (χ4n) is 4.32. The number of aromatic nitrogens is 5. The molecular formula is C24H22F2N8. The molecule has 2 aliphatic rings. The summed E-state index contributed by atoms with van der Waals surface area (Å²) < 4.78 is 28.1. The molecule has 8 nitrogen and oxygen atoms in total. The van der Waals surface area contributed by atoms with Gasteiger partial charge in [-0.2, -0.15) is 0 Å². The predicted molar refractivity (Wildman–Crippen MR) is 125 cm³/mol. The molecule has 0 amide bonds. The van der Waals surface area contributed by atoms with Gasteiger partial charge in [-0.25, -0.2) is 23.7 Å². The monoisotopic (exact) mass is 460 g/mol. The number of piperazine rings is 1. The summed E-state index contributed by atoms with van der Waals surface area (Å²) >= 11 is 0. The van der Waals surface area contributed by atoms with E-state index < -0.39 is 11.6 Å². The standard InChI is InChI=1S/C24H22F2N8/c25-17-11-29-12-18(26)22(17)32-20-9-15(3-4-30-20)23-31-19-13-28-10-16(14-1-2-14)21(19)24(33-23)34-7-5-27-6-8-34/h3-4,9-14,27H,1-2,5-8H2,(H,29,30,32). The average Bonchev–Trinajstić information content (AvgIpc) is 3.72. The number of halogens is 2. The van der Waals surface area contributed by atoms with Crippen LogP contribution in [0.4, 0.5) is 26.1 Å². The lowest BCUT2D eigenvalue weighted by molar-refractivity contribution is 0.580. The minimum atomic E-state index is -0.797. The molecule has 1 saturated heterocycles. The summed E-state index contributed by atoms with van der Waals surface area (Å²) in [6.45, 7) is 3.47. The second-order valence-corrected chi connectivity index (χ2v) is 8.54. The topological polar surface area (TPSA) is 91.8 Å². The van der Waals surface area contributed by atoms with Crippen LogP contribution in [0.1, 0.15) is 24.3 Å². The zero-order valence-corrected chi connectivity index (χ0v) is 18.3. The maximum absolute atomic E-state index is 14.1. The van der Waals surface area contributed by atoms with Gasteiger partial charge in [-0.15, -0.1) is 0 Å². The van der Waals surface area contributed by atoms with E-state index in [9.17, 15) is 8.78 Å². The highest BCUT2D eigenvalue weighted by atomic mass is 19.1. The van der Waals surface area contributed by atoms with Gasteiger partial charge >= 0.3 is 0 Å². The Morgan fingerprint density at radius 3 is 2.50 bits per heavy atom. The van der Waals surface area contributed by atoms with E-state index >= 15 is 0 Å². The van der Waals surface area contributed by atoms with Crippen LogP contribution in [-0.2, 0) is 0 Å². The Kier molecular flexibility index (Phi) is 5.21. The highest BCUT2D eigenvalue weighted by Gasteiger charge is 2.29. The minimum Gasteiger partial charge on any atom is -0.353 e. The predicted octanol–water partition coefficient (Wildman–Crippen LogP) is 3.79. The Morgan fingerprint density at radius 2 is 1.74 bits per heavy atom. The first-order valence-electron chi connectivity index (χ1n) is 11.3. The number of nitrogens with zero attached hydrogens (tertiary/aromatic N) is 6. The van der Waals surface area contributed by atoms with Gasteiger partial charge in [0.2, 0.25) is 0 Å². The van der Waals surface area contributed by atoms with E-state index in [2.05, 4.69) is 30.5 Å². The molecule has 10 heteroatoms. The summed E-state index contributed by atoms with van der Waals surface area (Å²) in [6, 6.07) is 3.46. The van der Waals surface area contributed by atoms with Crippen LogP contribution in [0, 0.1) is 11.6 Å². The molecule has 0 atom stereocenters. The van der Waals surface area contributed by atoms with Gasteiger partial charge < -0.3 is 15.5 Å². The zero-order chi connectivity index (χ0) is 23.1. The van der Waals surface area contributed by atoms with Crippen molar-refractivity contribution < 1.29 is 8.78 Å². The van der Waals surface area contributed by atoms with Crippen molar-refractivity contribution in [2.75, 3.05) is 36.4 Å². The van der Waals surface area contributed by atoms with Crippen LogP contribution in [0.5, 0.6) is 0 Å². The van der Waals surface area contributed by atoms with Gasteiger partial charge in [0.1, 0.15) is 17.3 Å². The van der Waals surface area contributed by atoms with Crippen molar-refractivity contribution >= 4 is 28.2 Å². The fraction of sp³-hybridized carbons (Fsp3) is 0.292. The van der Waals surface area contributed by atoms with E-state index in [0.717, 1.165) is 68.1 Å². The molecule has 1 saturated carbocycles. The second-order valence-electron chi connectivity index (χ2n) is 8.54. The van der Waals surface area contributed by atoms with Crippen LogP contribution >= 0.6 is 0 Å². The van der Waals surface area contributed by atoms with Crippen LogP contribution in [0.3, 0.4) is 0 Å². The first-order chi connectivity index (χ1) is 16.7. The lowest BCUT2D eigenvalue weighted by atomic mass is 10.1. The summed E-state index contributed by atoms with van der Waals surface area (Å²) in [4.78, 5) is 24.3. The smallest absolute Gasteiger partial charge is 0.167 e. The van der Waals surface area contributed by atoms with Gasteiger partial charge in [-0.1, -0.05) is 0 Å². The summed E-state index contributed by atoms with van der Waals surface area (Å²) in [7, 11) is 0. The molecule has 0 radical (unpaired) electrons. The number of pyridine rings is 3. The third-order valence-electron chi connectivity index (χ3n) is 6.18. The lowest BCUT2D eigenvalue weighted by Crippen LogP contribution is -2.44. The normalized spacial score (nSPS) is 16.1. The highest BCUT2D eigenvalue weighted by molar-refractivity contribution is 5.94. The van der Waals surface area contributed by atoms with Gasteiger partial charge in [0.15, 0.2) is 17.5 Å². The van der Waals surface area contributed by atoms with Crippen LogP contribution in [-0.4, -0.2) is 51.1 Å². The van der Waals surface area contributed by atoms with Gasteiger partial charge in [0, 0.05) is 49.5 Å². The SMILES string of the molecule is Fc1cncc(F)c1Nc1cc(-c2nc(N3CCNCC3)c3c(C4CC4)cncc3n2)ccn1. The average molecular weight is 460 g/mol. The number of rotatable bonds is 5. The van der Waals surface area contributed by atoms with E-state index in [4.69, 9.17) is 9.97 Å². The molecule has 4 aromatic rings. The third-order valence-corrected chi connectivity index (χ3v) is 6.18. The lowest BCUT2D eigenvalue weighted by Gasteiger charge is -2.30. The van der Waals surface area contributed by atoms with E-state index in [-0.39, 0.29) is 11.5 Å². The molecule has 1 aliphatic heterocycles. The third kappa shape index (κ3) is 3.90. The number of hydrogen-bond acceptors (Lipinski definition) is 8. The van der Waals surface area contributed by atoms with Crippen molar-refractivity contribution in [3.8, 4) is 11.4 Å². The number of nitrogens with one attached hydrogen (secondary N) is 2. The molecule has 2 N–H and O–H groups in total. The fourth-order valence-corrected chi connectivity index (χ4v) is 4.32. The molecule has 5 heterocycles. The van der Waals surface area contributed by atoms with Crippen LogP contribution < -0.4 is 15.5 Å². The zero-order valence-electron chi connectivity index (χ0n) is 18.3. The number of fused-ring (bicyclic) bond motifs is 1. The number of anilines is 3. The van der Waals surface area contributed by atoms with Gasteiger partial charge in [0.25, 0.3) is 0 Å². The molecule has 34 heavy (non-hydrogen) atoms. The van der Waals surface area contributed by atoms with Crippen LogP contribution in [0.2, 0.25) is 0 Å². The molecule has 4 aromatic heterocycles. The van der Waals surface area contributed by atoms with Crippen molar-refractivity contribution in [3.63, 3.8) is 0 Å². The molecule has 0 bridgehead atoms. The van der Waals surface area contributed by atoms with E-state index in [0.29, 0.717) is 17.3 Å². The first-order valence-corrected chi connectivity index (χ1v) is 11.3. The van der Waals surface area contributed by atoms with Crippen molar-refractivity contribution in [1.29, 1.82) is 0 Å². The molecule has 0 spiro atoms. The Labute approximate surface area is 194 Å². The van der Waals surface area contributed by atoms with Gasteiger partial charge in [-0.05, 0) is 36.5 Å². The van der Waals surface area contributed by atoms with Crippen LogP contribution in [0.15, 0.2) is 43.1 Å². The molecule has 1 aliphatic carbocycles. The largest absolute Gasteiger partial charge is 0.353 e. The Hall–Kier alpha value is -3.79. The second kappa shape index (κ2) is 8.53. The molecular weight excluding hydrogens is 438 g/mol. The molecule has 0 aromatic carbocycles. The van der Waals surface area contributed by atoms with Crippen molar-refractivity contribution in [2.24, 2.45) is 0 Å². The number of hydrogen-bond donors (Lipinski definition) is 2. The summed E-state index contributed by atoms with van der Waals surface area (Å²) in [5, 5.41) is 7.17. The summed E-state index contributed by atoms with van der Waals surface area (Å²) in [5.74, 6) is 0.607. The molecule has 172 valence electrons. The van der Waals surface area contributed by atoms with Crippen molar-refractivity contribution in [3.05, 3.63) is 60.3 Å². The van der Waals surface area contributed by atoms with Gasteiger partial charge in [0.05, 0.1) is 24.1 Å². The van der Waals surface area contributed by atoms with Gasteiger partial charge in [-0.3, -0.25) is 9.97 Å². The maximum atomic E-state index is 14.1. The molecule has 2 fully saturated rings. The Balaban J connectivity index is 1.44. The molecule has 0 unspecified atom stereocenters. The van der Waals surface area contributed by atoms with Crippen LogP contribution in [0.25, 0.3) is 22.3 Å². The summed E-state index contributed by atoms with van der Waals surface area (Å²) in [6.07, 6.45) is 9.50.